The van der Waals surface area contributed by atoms with Crippen molar-refractivity contribution in [2.24, 2.45) is 11.8 Å². The minimum Gasteiger partial charge on any atom is -0.487 e. The van der Waals surface area contributed by atoms with Crippen molar-refractivity contribution in [1.82, 2.24) is 4.72 Å². The molecule has 0 saturated heterocycles. The van der Waals surface area contributed by atoms with Gasteiger partial charge in [-0.2, -0.15) is 0 Å². The van der Waals surface area contributed by atoms with Crippen molar-refractivity contribution in [2.45, 2.75) is 88.6 Å². The van der Waals surface area contributed by atoms with Gasteiger partial charge in [-0.1, -0.05) is 37.4 Å². The zero-order valence-electron chi connectivity index (χ0n) is 25.3. The second kappa shape index (κ2) is 13.8. The highest BCUT2D eigenvalue weighted by Crippen LogP contribution is 2.46. The van der Waals surface area contributed by atoms with E-state index in [9.17, 15) is 18.3 Å². The molecule has 10 heteroatoms. The van der Waals surface area contributed by atoms with Crippen LogP contribution in [0.3, 0.4) is 0 Å². The summed E-state index contributed by atoms with van der Waals surface area (Å²) in [7, 11) is -2.26. The van der Waals surface area contributed by atoms with Gasteiger partial charge in [-0.3, -0.25) is 4.79 Å². The van der Waals surface area contributed by atoms with Crippen molar-refractivity contribution in [2.75, 3.05) is 31.7 Å². The van der Waals surface area contributed by atoms with Crippen LogP contribution in [0, 0.1) is 11.8 Å². The number of carbonyl (C=O) groups is 1. The maximum absolute atomic E-state index is 13.4. The predicted octanol–water partition coefficient (Wildman–Crippen LogP) is 5.88. The summed E-state index contributed by atoms with van der Waals surface area (Å²) in [5.41, 5.74) is 2.31. The standard InChI is InChI=1S/C33H45ClN2O6S/c1-3-28-9-4-6-16-33(38,22-41-2)29-14-11-25(29)20-36-17-7-5-8-23-18-27(34)13-10-26(23)21-42-31-15-12-24(19-30(31)36)32(37)35-43(28,39)40/h10,12-13,15,18-19,25,28-29,38H,3-9,11,14,16-17,20-22H2,1-2H3,(H,35,37)/t25-,28+,29+,33+/m0/s1. The average Bonchev–Trinajstić information content (AvgIpc) is 2.97. The van der Waals surface area contributed by atoms with Crippen LogP contribution in [0.2, 0.25) is 5.02 Å². The fourth-order valence-electron chi connectivity index (χ4n) is 7.13. The lowest BCUT2D eigenvalue weighted by Gasteiger charge is -2.49. The molecular formula is C33H45ClN2O6S. The third-order valence-corrected chi connectivity index (χ3v) is 11.9. The van der Waals surface area contributed by atoms with Gasteiger partial charge in [0.05, 0.1) is 23.1 Å². The summed E-state index contributed by atoms with van der Waals surface area (Å²) in [4.78, 5) is 15.6. The lowest BCUT2D eigenvalue weighted by atomic mass is 9.63. The molecule has 0 spiro atoms. The third kappa shape index (κ3) is 7.32. The molecule has 1 fully saturated rings. The maximum atomic E-state index is 13.4. The lowest BCUT2D eigenvalue weighted by molar-refractivity contribution is -0.125. The molecule has 8 nitrogen and oxygen atoms in total. The van der Waals surface area contributed by atoms with Gasteiger partial charge in [0.25, 0.3) is 5.91 Å². The minimum absolute atomic E-state index is 0.0755. The number of hydrogen-bond donors (Lipinski definition) is 2. The fraction of sp³-hybridized carbons (Fsp3) is 0.606. The molecule has 1 amide bonds. The van der Waals surface area contributed by atoms with E-state index >= 15 is 0 Å². The number of carbonyl (C=O) groups excluding carboxylic acids is 1. The van der Waals surface area contributed by atoms with Crippen molar-refractivity contribution < 1.29 is 27.8 Å². The van der Waals surface area contributed by atoms with E-state index in [4.69, 9.17) is 21.1 Å². The van der Waals surface area contributed by atoms with E-state index in [2.05, 4.69) is 9.62 Å². The van der Waals surface area contributed by atoms with Crippen LogP contribution in [0.25, 0.3) is 0 Å². The van der Waals surface area contributed by atoms with Crippen LogP contribution in [0.1, 0.15) is 86.2 Å². The fourth-order valence-corrected chi connectivity index (χ4v) is 8.78. The molecule has 2 N–H and O–H groups in total. The molecule has 4 atom stereocenters. The Hall–Kier alpha value is -2.33. The van der Waals surface area contributed by atoms with Crippen molar-refractivity contribution in [3.8, 4) is 5.75 Å². The van der Waals surface area contributed by atoms with Gasteiger partial charge in [0.1, 0.15) is 12.4 Å². The minimum atomic E-state index is -3.89. The second-order valence-corrected chi connectivity index (χ2v) is 14.9. The van der Waals surface area contributed by atoms with Gasteiger partial charge in [0, 0.05) is 30.8 Å². The first-order valence-corrected chi connectivity index (χ1v) is 17.6. The molecule has 2 heterocycles. The van der Waals surface area contributed by atoms with E-state index in [1.165, 1.54) is 5.56 Å². The van der Waals surface area contributed by atoms with Gasteiger partial charge in [-0.25, -0.2) is 13.1 Å². The number of fused-ring (bicyclic) bond motifs is 3. The Balaban J connectivity index is 1.55. The molecule has 0 unspecified atom stereocenters. The maximum Gasteiger partial charge on any atom is 0.264 e. The van der Waals surface area contributed by atoms with Gasteiger partial charge in [0.15, 0.2) is 0 Å². The summed E-state index contributed by atoms with van der Waals surface area (Å²) in [5.74, 6) is 0.339. The molecule has 0 aromatic heterocycles. The molecule has 2 aromatic carbocycles. The number of aliphatic hydroxyl groups is 1. The average molecular weight is 633 g/mol. The Morgan fingerprint density at radius 2 is 1.93 bits per heavy atom. The lowest BCUT2D eigenvalue weighted by Crippen LogP contribution is -2.53. The van der Waals surface area contributed by atoms with Gasteiger partial charge >= 0.3 is 0 Å². The van der Waals surface area contributed by atoms with Crippen LogP contribution in [0.15, 0.2) is 36.4 Å². The van der Waals surface area contributed by atoms with Crippen LogP contribution in [0.4, 0.5) is 5.69 Å². The van der Waals surface area contributed by atoms with Gasteiger partial charge < -0.3 is 19.5 Å². The first kappa shape index (κ1) is 32.1. The summed E-state index contributed by atoms with van der Waals surface area (Å²) in [6.45, 7) is 3.87. The van der Waals surface area contributed by atoms with Crippen LogP contribution in [0.5, 0.6) is 5.75 Å². The van der Waals surface area contributed by atoms with Crippen LogP contribution in [-0.2, 0) is 27.8 Å². The van der Waals surface area contributed by atoms with Crippen LogP contribution >= 0.6 is 11.6 Å². The van der Waals surface area contributed by atoms with E-state index in [0.29, 0.717) is 56.0 Å². The number of anilines is 1. The summed E-state index contributed by atoms with van der Waals surface area (Å²) in [6.07, 6.45) is 7.38. The number of nitrogens with one attached hydrogen (secondary N) is 1. The Morgan fingerprint density at radius 3 is 2.67 bits per heavy atom. The first-order valence-electron chi connectivity index (χ1n) is 15.7. The largest absolute Gasteiger partial charge is 0.487 e. The summed E-state index contributed by atoms with van der Waals surface area (Å²) >= 11 is 6.32. The van der Waals surface area contributed by atoms with E-state index < -0.39 is 26.8 Å². The number of benzene rings is 2. The molecule has 0 radical (unpaired) electrons. The van der Waals surface area contributed by atoms with Crippen molar-refractivity contribution >= 4 is 33.2 Å². The number of amides is 1. The predicted molar refractivity (Wildman–Crippen MR) is 169 cm³/mol. The second-order valence-electron chi connectivity index (χ2n) is 12.5. The number of aryl methyl sites for hydroxylation is 1. The molecule has 2 aromatic rings. The number of hydrogen-bond acceptors (Lipinski definition) is 7. The molecular weight excluding hydrogens is 588 g/mol. The highest BCUT2D eigenvalue weighted by molar-refractivity contribution is 7.90. The monoisotopic (exact) mass is 632 g/mol. The van der Waals surface area contributed by atoms with E-state index in [0.717, 1.165) is 49.9 Å². The SMILES string of the molecule is CC[C@@H]1CCCC[C@@](O)(COC)[C@@H]2CC[C@H]2CN2CCCCc3cc(Cl)ccc3COc3ccc(cc32)C(=O)NS1(=O)=O. The normalized spacial score (nSPS) is 28.2. The number of methoxy groups -OCH3 is 1. The number of halogens is 1. The highest BCUT2D eigenvalue weighted by Gasteiger charge is 2.47. The topological polar surface area (TPSA) is 105 Å². The summed E-state index contributed by atoms with van der Waals surface area (Å²) in [6, 6.07) is 11.1. The molecule has 5 rings (SSSR count). The quantitative estimate of drug-likeness (QED) is 0.436. The summed E-state index contributed by atoms with van der Waals surface area (Å²) in [5, 5.41) is 11.9. The molecule has 1 saturated carbocycles. The van der Waals surface area contributed by atoms with Gasteiger partial charge in [-0.15, -0.1) is 0 Å². The molecule has 43 heavy (non-hydrogen) atoms. The highest BCUT2D eigenvalue weighted by atomic mass is 35.5. The third-order valence-electron chi connectivity index (χ3n) is 9.71. The van der Waals surface area contributed by atoms with Gasteiger partial charge in [0.2, 0.25) is 10.0 Å². The molecule has 2 bridgehead atoms. The zero-order valence-corrected chi connectivity index (χ0v) is 26.9. The Bertz CT molecular complexity index is 1400. The molecule has 1 aliphatic carbocycles. The van der Waals surface area contributed by atoms with Crippen molar-refractivity contribution in [3.63, 3.8) is 0 Å². The van der Waals surface area contributed by atoms with E-state index in [1.54, 1.807) is 25.3 Å². The number of sulfonamides is 1. The van der Waals surface area contributed by atoms with Crippen molar-refractivity contribution in [1.29, 1.82) is 0 Å². The Labute approximate surface area is 261 Å². The Kier molecular flexibility index (Phi) is 10.3. The first-order chi connectivity index (χ1) is 20.6. The van der Waals surface area contributed by atoms with E-state index in [1.807, 2.05) is 25.1 Å². The van der Waals surface area contributed by atoms with E-state index in [-0.39, 0.29) is 24.0 Å². The smallest absolute Gasteiger partial charge is 0.264 e. The molecule has 3 aliphatic rings. The summed E-state index contributed by atoms with van der Waals surface area (Å²) < 4.78 is 40.9. The number of ether oxygens (including phenoxy) is 2. The zero-order chi connectivity index (χ0) is 30.6. The Morgan fingerprint density at radius 1 is 1.09 bits per heavy atom. The number of nitrogens with zero attached hydrogens (tertiary/aromatic N) is 1. The molecule has 2 aliphatic heterocycles. The van der Waals surface area contributed by atoms with Crippen molar-refractivity contribution in [3.05, 3.63) is 58.1 Å². The van der Waals surface area contributed by atoms with Gasteiger partial charge in [-0.05, 0) is 105 Å². The van der Waals surface area contributed by atoms with Crippen LogP contribution in [-0.4, -0.2) is 57.1 Å². The molecule has 236 valence electrons. The van der Waals surface area contributed by atoms with Crippen LogP contribution < -0.4 is 14.4 Å². The number of rotatable bonds is 3.